The van der Waals surface area contributed by atoms with Crippen molar-refractivity contribution < 1.29 is 19.4 Å². The molecule has 114 valence electrons. The molecule has 0 saturated heterocycles. The fraction of sp³-hybridized carbons (Fsp3) is 0.467. The van der Waals surface area contributed by atoms with Gasteiger partial charge in [0.25, 0.3) is 5.91 Å². The third-order valence-corrected chi connectivity index (χ3v) is 3.48. The fourth-order valence-electron chi connectivity index (χ4n) is 2.41. The lowest BCUT2D eigenvalue weighted by Gasteiger charge is -2.41. The van der Waals surface area contributed by atoms with E-state index < -0.39 is 5.60 Å². The van der Waals surface area contributed by atoms with Gasteiger partial charge in [-0.2, -0.15) is 0 Å². The van der Waals surface area contributed by atoms with Crippen molar-refractivity contribution in [1.29, 1.82) is 0 Å². The number of benzene rings is 1. The number of ether oxygens (including phenoxy) is 1. The Morgan fingerprint density at radius 1 is 1.43 bits per heavy atom. The van der Waals surface area contributed by atoms with Crippen molar-refractivity contribution in [3.63, 3.8) is 0 Å². The van der Waals surface area contributed by atoms with E-state index >= 15 is 0 Å². The molecule has 1 aliphatic carbocycles. The van der Waals surface area contributed by atoms with Crippen molar-refractivity contribution in [3.05, 3.63) is 29.8 Å². The molecule has 0 unspecified atom stereocenters. The van der Waals surface area contributed by atoms with Crippen LogP contribution >= 0.6 is 0 Å². The van der Waals surface area contributed by atoms with Gasteiger partial charge in [0.05, 0.1) is 19.3 Å². The topological polar surface area (TPSA) is 87.7 Å². The summed E-state index contributed by atoms with van der Waals surface area (Å²) in [5.41, 5.74) is -0.240. The van der Waals surface area contributed by atoms with Crippen molar-refractivity contribution in [2.24, 2.45) is 0 Å². The van der Waals surface area contributed by atoms with Gasteiger partial charge < -0.3 is 20.5 Å². The Morgan fingerprint density at radius 3 is 2.76 bits per heavy atom. The number of hydrogen-bond donors (Lipinski definition) is 3. The van der Waals surface area contributed by atoms with Gasteiger partial charge in [-0.3, -0.25) is 9.59 Å². The van der Waals surface area contributed by atoms with Gasteiger partial charge in [0.1, 0.15) is 5.75 Å². The number of carbonyl (C=O) groups is 2. The van der Waals surface area contributed by atoms with Crippen LogP contribution in [-0.2, 0) is 4.79 Å². The van der Waals surface area contributed by atoms with E-state index in [-0.39, 0.29) is 24.4 Å². The quantitative estimate of drug-likeness (QED) is 0.735. The van der Waals surface area contributed by atoms with Gasteiger partial charge in [0.15, 0.2) is 0 Å². The monoisotopic (exact) mass is 292 g/mol. The van der Waals surface area contributed by atoms with Crippen LogP contribution in [0, 0.1) is 0 Å². The third-order valence-electron chi connectivity index (χ3n) is 3.48. The highest BCUT2D eigenvalue weighted by Crippen LogP contribution is 2.31. The van der Waals surface area contributed by atoms with Gasteiger partial charge in [0.2, 0.25) is 5.91 Å². The standard InChI is InChI=1S/C15H20N2O4/c1-15(20)7-11(8-15)17-13(18)9-16-14(19)10-4-3-5-12(6-10)21-2/h3-6,11,20H,7-9H2,1-2H3,(H,16,19)(H,17,18). The van der Waals surface area contributed by atoms with Gasteiger partial charge in [-0.05, 0) is 38.0 Å². The average Bonchev–Trinajstić information content (AvgIpc) is 2.43. The first-order chi connectivity index (χ1) is 9.89. The second-order valence-corrected chi connectivity index (χ2v) is 5.58. The molecule has 1 fully saturated rings. The lowest BCUT2D eigenvalue weighted by molar-refractivity contribution is -0.123. The Morgan fingerprint density at radius 2 is 2.14 bits per heavy atom. The zero-order valence-corrected chi connectivity index (χ0v) is 12.2. The zero-order chi connectivity index (χ0) is 15.5. The molecule has 0 heterocycles. The predicted molar refractivity (Wildman–Crippen MR) is 77.1 cm³/mol. The molecule has 0 bridgehead atoms. The molecule has 1 aromatic carbocycles. The SMILES string of the molecule is COc1cccc(C(=O)NCC(=O)NC2CC(C)(O)C2)c1. The molecule has 3 N–H and O–H groups in total. The second kappa shape index (κ2) is 6.13. The molecular formula is C15H20N2O4. The van der Waals surface area contributed by atoms with Crippen LogP contribution < -0.4 is 15.4 Å². The minimum Gasteiger partial charge on any atom is -0.497 e. The first kappa shape index (κ1) is 15.3. The van der Waals surface area contributed by atoms with Gasteiger partial charge in [0, 0.05) is 11.6 Å². The van der Waals surface area contributed by atoms with Crippen LogP contribution in [0.1, 0.15) is 30.1 Å². The van der Waals surface area contributed by atoms with Crippen LogP contribution in [0.2, 0.25) is 0 Å². The molecule has 0 spiro atoms. The summed E-state index contributed by atoms with van der Waals surface area (Å²) in [7, 11) is 1.53. The summed E-state index contributed by atoms with van der Waals surface area (Å²) >= 11 is 0. The van der Waals surface area contributed by atoms with Crippen LogP contribution in [0.5, 0.6) is 5.75 Å². The van der Waals surface area contributed by atoms with E-state index in [2.05, 4.69) is 10.6 Å². The molecular weight excluding hydrogens is 272 g/mol. The molecule has 6 heteroatoms. The molecule has 1 saturated carbocycles. The minimum absolute atomic E-state index is 0.0128. The van der Waals surface area contributed by atoms with E-state index in [1.54, 1.807) is 31.2 Å². The number of amides is 2. The molecule has 0 radical (unpaired) electrons. The lowest BCUT2D eigenvalue weighted by atomic mass is 9.77. The molecule has 2 rings (SSSR count). The van der Waals surface area contributed by atoms with E-state index in [1.165, 1.54) is 7.11 Å². The van der Waals surface area contributed by atoms with E-state index in [0.717, 1.165) is 0 Å². The minimum atomic E-state index is -0.679. The predicted octanol–water partition coefficient (Wildman–Crippen LogP) is 0.455. The molecule has 21 heavy (non-hydrogen) atoms. The Balaban J connectivity index is 1.77. The van der Waals surface area contributed by atoms with E-state index in [1.807, 2.05) is 0 Å². The molecule has 1 aromatic rings. The van der Waals surface area contributed by atoms with Crippen molar-refractivity contribution in [3.8, 4) is 5.75 Å². The summed E-state index contributed by atoms with van der Waals surface area (Å²) in [6.45, 7) is 1.65. The van der Waals surface area contributed by atoms with Crippen LogP contribution in [0.25, 0.3) is 0 Å². The lowest BCUT2D eigenvalue weighted by Crippen LogP contribution is -2.54. The molecule has 0 aliphatic heterocycles. The van der Waals surface area contributed by atoms with Crippen molar-refractivity contribution in [2.45, 2.75) is 31.4 Å². The first-order valence-corrected chi connectivity index (χ1v) is 6.83. The Kier molecular flexibility index (Phi) is 4.47. The first-order valence-electron chi connectivity index (χ1n) is 6.83. The number of methoxy groups -OCH3 is 1. The smallest absolute Gasteiger partial charge is 0.251 e. The summed E-state index contributed by atoms with van der Waals surface area (Å²) in [6, 6.07) is 6.70. The fourth-order valence-corrected chi connectivity index (χ4v) is 2.41. The van der Waals surface area contributed by atoms with Crippen LogP contribution in [0.4, 0.5) is 0 Å². The maximum atomic E-state index is 11.9. The highest BCUT2D eigenvalue weighted by atomic mass is 16.5. The zero-order valence-electron chi connectivity index (χ0n) is 12.2. The number of rotatable bonds is 5. The molecule has 0 atom stereocenters. The highest BCUT2D eigenvalue weighted by Gasteiger charge is 2.38. The largest absolute Gasteiger partial charge is 0.497 e. The third kappa shape index (κ3) is 4.19. The van der Waals surface area contributed by atoms with Gasteiger partial charge in [-0.15, -0.1) is 0 Å². The number of aliphatic hydroxyl groups is 1. The van der Waals surface area contributed by atoms with Crippen molar-refractivity contribution >= 4 is 11.8 Å². The molecule has 0 aromatic heterocycles. The number of hydrogen-bond acceptors (Lipinski definition) is 4. The Labute approximate surface area is 123 Å². The summed E-state index contributed by atoms with van der Waals surface area (Å²) < 4.78 is 5.04. The van der Waals surface area contributed by atoms with Gasteiger partial charge in [-0.1, -0.05) is 6.07 Å². The Hall–Kier alpha value is -2.08. The maximum Gasteiger partial charge on any atom is 0.251 e. The van der Waals surface area contributed by atoms with Crippen molar-refractivity contribution in [1.82, 2.24) is 10.6 Å². The van der Waals surface area contributed by atoms with E-state index in [0.29, 0.717) is 24.2 Å². The van der Waals surface area contributed by atoms with E-state index in [4.69, 9.17) is 4.74 Å². The summed E-state index contributed by atoms with van der Waals surface area (Å²) in [4.78, 5) is 23.6. The second-order valence-electron chi connectivity index (χ2n) is 5.58. The molecule has 2 amide bonds. The average molecular weight is 292 g/mol. The van der Waals surface area contributed by atoms with E-state index in [9.17, 15) is 14.7 Å². The number of nitrogens with one attached hydrogen (secondary N) is 2. The summed E-state index contributed by atoms with van der Waals surface area (Å²) in [5, 5.41) is 14.9. The van der Waals surface area contributed by atoms with Crippen LogP contribution in [-0.4, -0.2) is 42.2 Å². The van der Waals surface area contributed by atoms with Gasteiger partial charge in [-0.25, -0.2) is 0 Å². The van der Waals surface area contributed by atoms with Crippen LogP contribution in [0.3, 0.4) is 0 Å². The molecule has 1 aliphatic rings. The maximum absolute atomic E-state index is 11.9. The van der Waals surface area contributed by atoms with Gasteiger partial charge >= 0.3 is 0 Å². The summed E-state index contributed by atoms with van der Waals surface area (Å²) in [5.74, 6) is 0.000188. The van der Waals surface area contributed by atoms with Crippen LogP contribution in [0.15, 0.2) is 24.3 Å². The Bertz CT molecular complexity index is 534. The normalized spacial score (nSPS) is 23.9. The summed E-state index contributed by atoms with van der Waals surface area (Å²) in [6.07, 6.45) is 1.09. The van der Waals surface area contributed by atoms with Crippen molar-refractivity contribution in [2.75, 3.05) is 13.7 Å². The number of carbonyl (C=O) groups excluding carboxylic acids is 2. The highest BCUT2D eigenvalue weighted by molar-refractivity contribution is 5.96. The molecule has 6 nitrogen and oxygen atoms in total.